The van der Waals surface area contributed by atoms with E-state index in [4.69, 9.17) is 0 Å². The second-order valence-corrected chi connectivity index (χ2v) is 7.34. The smallest absolute Gasteiger partial charge is 0.223 e. The standard InChI is InChI=1S/C21H21N7O/c29-21(22-14-17-6-3-5-15-4-1-2-7-18(15)17)16-10-12-27(13-11-16)20-9-8-19-23-25-26-28(19)24-20/h1-9,16H,10-14H2,(H,22,29). The summed E-state index contributed by atoms with van der Waals surface area (Å²) in [5, 5.41) is 21.3. The first-order chi connectivity index (χ1) is 14.3. The number of nitrogens with one attached hydrogen (secondary N) is 1. The third kappa shape index (κ3) is 3.49. The Labute approximate surface area is 167 Å². The van der Waals surface area contributed by atoms with Gasteiger partial charge < -0.3 is 10.2 Å². The molecule has 2 aromatic carbocycles. The van der Waals surface area contributed by atoms with Gasteiger partial charge in [0.15, 0.2) is 11.5 Å². The summed E-state index contributed by atoms with van der Waals surface area (Å²) in [6.07, 6.45) is 1.60. The van der Waals surface area contributed by atoms with E-state index in [9.17, 15) is 4.79 Å². The monoisotopic (exact) mass is 387 g/mol. The molecule has 1 N–H and O–H groups in total. The number of piperidine rings is 1. The highest BCUT2D eigenvalue weighted by Crippen LogP contribution is 2.23. The second-order valence-electron chi connectivity index (χ2n) is 7.34. The predicted octanol–water partition coefficient (Wildman–Crippen LogP) is 2.21. The summed E-state index contributed by atoms with van der Waals surface area (Å²) in [5.41, 5.74) is 1.77. The number of benzene rings is 2. The van der Waals surface area contributed by atoms with Crippen molar-refractivity contribution in [1.29, 1.82) is 0 Å². The zero-order valence-corrected chi connectivity index (χ0v) is 15.9. The highest BCUT2D eigenvalue weighted by atomic mass is 16.1. The van der Waals surface area contributed by atoms with E-state index in [0.717, 1.165) is 37.3 Å². The maximum absolute atomic E-state index is 12.7. The summed E-state index contributed by atoms with van der Waals surface area (Å²) >= 11 is 0. The number of hydrogen-bond donors (Lipinski definition) is 1. The zero-order chi connectivity index (χ0) is 19.6. The lowest BCUT2D eigenvalue weighted by Crippen LogP contribution is -2.40. The van der Waals surface area contributed by atoms with Gasteiger partial charge >= 0.3 is 0 Å². The van der Waals surface area contributed by atoms with Crippen molar-refractivity contribution in [3.05, 3.63) is 60.2 Å². The maximum atomic E-state index is 12.7. The van der Waals surface area contributed by atoms with Crippen LogP contribution in [-0.2, 0) is 11.3 Å². The third-order valence-corrected chi connectivity index (χ3v) is 5.58. The Morgan fingerprint density at radius 1 is 1.03 bits per heavy atom. The molecule has 0 unspecified atom stereocenters. The summed E-state index contributed by atoms with van der Waals surface area (Å²) in [7, 11) is 0. The molecule has 3 heterocycles. The van der Waals surface area contributed by atoms with Crippen LogP contribution in [0.1, 0.15) is 18.4 Å². The van der Waals surface area contributed by atoms with Crippen LogP contribution in [0.15, 0.2) is 54.6 Å². The molecule has 4 aromatic rings. The molecule has 0 atom stereocenters. The van der Waals surface area contributed by atoms with E-state index in [2.05, 4.69) is 55.1 Å². The largest absolute Gasteiger partial charge is 0.355 e. The van der Waals surface area contributed by atoms with Crippen LogP contribution in [0.4, 0.5) is 5.82 Å². The number of anilines is 1. The number of fused-ring (bicyclic) bond motifs is 2. The van der Waals surface area contributed by atoms with E-state index in [1.807, 2.05) is 30.3 Å². The Morgan fingerprint density at radius 3 is 2.76 bits per heavy atom. The molecule has 29 heavy (non-hydrogen) atoms. The van der Waals surface area contributed by atoms with Crippen molar-refractivity contribution in [3.63, 3.8) is 0 Å². The van der Waals surface area contributed by atoms with E-state index >= 15 is 0 Å². The Hall–Kier alpha value is -3.55. The van der Waals surface area contributed by atoms with Crippen molar-refractivity contribution in [2.75, 3.05) is 18.0 Å². The van der Waals surface area contributed by atoms with Gasteiger partial charge in [0.1, 0.15) is 0 Å². The molecular weight excluding hydrogens is 366 g/mol. The first-order valence-corrected chi connectivity index (χ1v) is 9.83. The topological polar surface area (TPSA) is 88.3 Å². The Kier molecular flexibility index (Phi) is 4.51. The van der Waals surface area contributed by atoms with Gasteiger partial charge in [0.2, 0.25) is 5.91 Å². The van der Waals surface area contributed by atoms with E-state index in [1.54, 1.807) is 0 Å². The predicted molar refractivity (Wildman–Crippen MR) is 109 cm³/mol. The third-order valence-electron chi connectivity index (χ3n) is 5.58. The van der Waals surface area contributed by atoms with Gasteiger partial charge in [0, 0.05) is 25.6 Å². The number of amides is 1. The number of carbonyl (C=O) groups excluding carboxylic acids is 1. The summed E-state index contributed by atoms with van der Waals surface area (Å²) in [6.45, 7) is 2.12. The number of tetrazole rings is 1. The van der Waals surface area contributed by atoms with Crippen molar-refractivity contribution in [3.8, 4) is 0 Å². The average Bonchev–Trinajstić information content (AvgIpc) is 3.25. The van der Waals surface area contributed by atoms with E-state index in [-0.39, 0.29) is 11.8 Å². The molecule has 8 nitrogen and oxygen atoms in total. The second kappa shape index (κ2) is 7.46. The first-order valence-electron chi connectivity index (χ1n) is 9.83. The molecule has 1 fully saturated rings. The number of rotatable bonds is 4. The van der Waals surface area contributed by atoms with Crippen LogP contribution in [0, 0.1) is 5.92 Å². The molecule has 146 valence electrons. The van der Waals surface area contributed by atoms with Crippen molar-refractivity contribution in [2.24, 2.45) is 5.92 Å². The molecular formula is C21H21N7O. The van der Waals surface area contributed by atoms with Crippen LogP contribution in [0.3, 0.4) is 0 Å². The fraction of sp³-hybridized carbons (Fsp3) is 0.286. The minimum Gasteiger partial charge on any atom is -0.355 e. The molecule has 1 aliphatic heterocycles. The number of aromatic nitrogens is 5. The molecule has 1 aliphatic rings. The average molecular weight is 387 g/mol. The van der Waals surface area contributed by atoms with Gasteiger partial charge in [-0.05, 0) is 51.7 Å². The molecule has 0 spiro atoms. The first kappa shape index (κ1) is 17.5. The molecule has 1 amide bonds. The molecule has 0 radical (unpaired) electrons. The highest BCUT2D eigenvalue weighted by Gasteiger charge is 2.25. The molecule has 0 aliphatic carbocycles. The molecule has 2 aromatic heterocycles. The van der Waals surface area contributed by atoms with Crippen molar-refractivity contribution >= 4 is 28.1 Å². The fourth-order valence-electron chi connectivity index (χ4n) is 3.95. The number of nitrogens with zero attached hydrogens (tertiary/aromatic N) is 6. The number of hydrogen-bond acceptors (Lipinski definition) is 6. The van der Waals surface area contributed by atoms with E-state index in [0.29, 0.717) is 12.2 Å². The van der Waals surface area contributed by atoms with Gasteiger partial charge in [0.05, 0.1) is 0 Å². The van der Waals surface area contributed by atoms with E-state index < -0.39 is 0 Å². The minimum absolute atomic E-state index is 0.0259. The van der Waals surface area contributed by atoms with Gasteiger partial charge in [-0.15, -0.1) is 14.8 Å². The van der Waals surface area contributed by atoms with Crippen LogP contribution in [0.5, 0.6) is 0 Å². The van der Waals surface area contributed by atoms with Crippen molar-refractivity contribution in [2.45, 2.75) is 19.4 Å². The van der Waals surface area contributed by atoms with E-state index in [1.165, 1.54) is 15.4 Å². The summed E-state index contributed by atoms with van der Waals surface area (Å²) in [4.78, 5) is 14.9. The van der Waals surface area contributed by atoms with Crippen molar-refractivity contribution < 1.29 is 4.79 Å². The van der Waals surface area contributed by atoms with Crippen LogP contribution >= 0.6 is 0 Å². The van der Waals surface area contributed by atoms with Gasteiger partial charge in [-0.25, -0.2) is 0 Å². The minimum atomic E-state index is 0.0259. The quantitative estimate of drug-likeness (QED) is 0.578. The Bertz CT molecular complexity index is 1160. The molecule has 0 bridgehead atoms. The summed E-state index contributed by atoms with van der Waals surface area (Å²) < 4.78 is 1.43. The number of carbonyl (C=O) groups is 1. The van der Waals surface area contributed by atoms with Gasteiger partial charge in [-0.1, -0.05) is 42.5 Å². The van der Waals surface area contributed by atoms with Gasteiger partial charge in [-0.2, -0.15) is 0 Å². The lowest BCUT2D eigenvalue weighted by molar-refractivity contribution is -0.125. The normalized spacial score (nSPS) is 15.1. The summed E-state index contributed by atoms with van der Waals surface area (Å²) in [6, 6.07) is 18.2. The molecule has 8 heteroatoms. The molecule has 0 saturated carbocycles. The maximum Gasteiger partial charge on any atom is 0.223 e. The Morgan fingerprint density at radius 2 is 1.86 bits per heavy atom. The SMILES string of the molecule is O=C(NCc1cccc2ccccc12)C1CCN(c2ccc3nnnn3n2)CC1. The summed E-state index contributed by atoms with van der Waals surface area (Å²) in [5.74, 6) is 0.985. The zero-order valence-electron chi connectivity index (χ0n) is 15.9. The lowest BCUT2D eigenvalue weighted by Gasteiger charge is -2.31. The molecule has 5 rings (SSSR count). The van der Waals surface area contributed by atoms with Crippen LogP contribution < -0.4 is 10.2 Å². The van der Waals surface area contributed by atoms with Crippen LogP contribution in [0.2, 0.25) is 0 Å². The van der Waals surface area contributed by atoms with Crippen LogP contribution in [-0.4, -0.2) is 44.3 Å². The highest BCUT2D eigenvalue weighted by molar-refractivity contribution is 5.86. The fourth-order valence-corrected chi connectivity index (χ4v) is 3.95. The van der Waals surface area contributed by atoms with Gasteiger partial charge in [-0.3, -0.25) is 4.79 Å². The van der Waals surface area contributed by atoms with Crippen molar-refractivity contribution in [1.82, 2.24) is 30.6 Å². The Balaban J connectivity index is 1.20. The molecule has 1 saturated heterocycles. The van der Waals surface area contributed by atoms with Crippen LogP contribution in [0.25, 0.3) is 16.4 Å². The van der Waals surface area contributed by atoms with Gasteiger partial charge in [0.25, 0.3) is 0 Å². The lowest BCUT2D eigenvalue weighted by atomic mass is 9.95.